The summed E-state index contributed by atoms with van der Waals surface area (Å²) in [6.07, 6.45) is 1.48. The molecule has 4 fully saturated rings. The Labute approximate surface area is 85.2 Å². The van der Waals surface area contributed by atoms with Crippen molar-refractivity contribution in [2.45, 2.75) is 18.5 Å². The molecule has 2 aliphatic carbocycles. The van der Waals surface area contributed by atoms with Gasteiger partial charge in [0.2, 0.25) is 0 Å². The normalized spacial score (nSPS) is 56.1. The number of rotatable bonds is 1. The molecule has 0 radical (unpaired) electrons. The lowest BCUT2D eigenvalue weighted by atomic mass is 10.2. The van der Waals surface area contributed by atoms with Crippen LogP contribution in [-0.4, -0.2) is 49.7 Å². The molecule has 2 heterocycles. The highest BCUT2D eigenvalue weighted by Gasteiger charge is 2.65. The number of hydrogen-bond acceptors (Lipinski definition) is 3. The fourth-order valence-corrected chi connectivity index (χ4v) is 3.87. The van der Waals surface area contributed by atoms with Crippen LogP contribution in [0.25, 0.3) is 0 Å². The van der Waals surface area contributed by atoms with Crippen molar-refractivity contribution in [2.24, 2.45) is 17.8 Å². The van der Waals surface area contributed by atoms with E-state index in [0.29, 0.717) is 0 Å². The van der Waals surface area contributed by atoms with Gasteiger partial charge >= 0.3 is 0 Å². The van der Waals surface area contributed by atoms with Gasteiger partial charge in [-0.25, -0.2) is 0 Å². The van der Waals surface area contributed by atoms with Crippen LogP contribution >= 0.6 is 0 Å². The summed E-state index contributed by atoms with van der Waals surface area (Å²) < 4.78 is 0. The zero-order valence-electron chi connectivity index (χ0n) is 8.58. The van der Waals surface area contributed by atoms with E-state index in [2.05, 4.69) is 15.5 Å². The Morgan fingerprint density at radius 2 is 1.93 bits per heavy atom. The van der Waals surface area contributed by atoms with Crippen molar-refractivity contribution in [1.29, 1.82) is 0 Å². The Morgan fingerprint density at radius 3 is 2.79 bits per heavy atom. The second kappa shape index (κ2) is 2.71. The van der Waals surface area contributed by atoms with Crippen molar-refractivity contribution in [3.05, 3.63) is 0 Å². The first-order chi connectivity index (χ1) is 6.95. The number of nitrogens with zero attached hydrogens (tertiary/aromatic N) is 1. The third-order valence-electron chi connectivity index (χ3n) is 4.71. The summed E-state index contributed by atoms with van der Waals surface area (Å²) in [5.74, 6) is 3.16. The van der Waals surface area contributed by atoms with Crippen molar-refractivity contribution < 1.29 is 0 Å². The first-order valence-corrected chi connectivity index (χ1v) is 6.13. The van der Waals surface area contributed by atoms with Crippen LogP contribution in [0.5, 0.6) is 0 Å². The van der Waals surface area contributed by atoms with E-state index in [4.69, 9.17) is 0 Å². The number of piperidine rings is 1. The standard InChI is InChI=1S/C11H19N3/c1-3-14(4-2-12-1)11-8-6-13-9-5-7(9)10(8)11/h7-13H,1-6H2/t7-,8+,9+,10-,11+/m1/s1. The molecule has 0 spiro atoms. The number of fused-ring (bicyclic) bond motifs is 3. The fraction of sp³-hybridized carbons (Fsp3) is 1.00. The maximum absolute atomic E-state index is 3.67. The SMILES string of the molecule is C1CN([C@H]2[C@H]3CN[C@H]4C[C@H]4[C@H]32)CCN1. The van der Waals surface area contributed by atoms with Crippen molar-refractivity contribution in [3.8, 4) is 0 Å². The molecule has 3 nitrogen and oxygen atoms in total. The molecular weight excluding hydrogens is 174 g/mol. The number of nitrogens with one attached hydrogen (secondary N) is 2. The van der Waals surface area contributed by atoms with E-state index < -0.39 is 0 Å². The van der Waals surface area contributed by atoms with Crippen LogP contribution in [0.15, 0.2) is 0 Å². The average molecular weight is 193 g/mol. The van der Waals surface area contributed by atoms with Crippen LogP contribution in [0.4, 0.5) is 0 Å². The largest absolute Gasteiger partial charge is 0.314 e. The number of piperazine rings is 1. The topological polar surface area (TPSA) is 27.3 Å². The van der Waals surface area contributed by atoms with Crippen LogP contribution < -0.4 is 10.6 Å². The summed E-state index contributed by atoms with van der Waals surface area (Å²) in [6.45, 7) is 6.29. The van der Waals surface area contributed by atoms with E-state index in [9.17, 15) is 0 Å². The Balaban J connectivity index is 1.47. The van der Waals surface area contributed by atoms with Crippen LogP contribution in [0.2, 0.25) is 0 Å². The Bertz CT molecular complexity index is 249. The molecule has 2 N–H and O–H groups in total. The molecular formula is C11H19N3. The lowest BCUT2D eigenvalue weighted by Crippen LogP contribution is -2.45. The third kappa shape index (κ3) is 1.03. The predicted molar refractivity (Wildman–Crippen MR) is 55.1 cm³/mol. The molecule has 0 aromatic carbocycles. The second-order valence-electron chi connectivity index (χ2n) is 5.43. The molecule has 2 saturated heterocycles. The summed E-state index contributed by atoms with van der Waals surface area (Å²) in [4.78, 5) is 2.74. The van der Waals surface area contributed by atoms with Gasteiger partial charge in [0, 0.05) is 44.8 Å². The third-order valence-corrected chi connectivity index (χ3v) is 4.71. The Kier molecular flexibility index (Phi) is 1.57. The van der Waals surface area contributed by atoms with Crippen LogP contribution in [0.3, 0.4) is 0 Å². The molecule has 0 aromatic rings. The minimum atomic E-state index is 0.921. The van der Waals surface area contributed by atoms with Crippen LogP contribution in [0.1, 0.15) is 6.42 Å². The maximum atomic E-state index is 3.67. The minimum Gasteiger partial charge on any atom is -0.314 e. The molecule has 14 heavy (non-hydrogen) atoms. The summed E-state index contributed by atoms with van der Waals surface area (Å²) in [7, 11) is 0. The lowest BCUT2D eigenvalue weighted by Gasteiger charge is -2.28. The van der Waals surface area contributed by atoms with Gasteiger partial charge in [0.25, 0.3) is 0 Å². The Morgan fingerprint density at radius 1 is 1.07 bits per heavy atom. The average Bonchev–Trinajstić information content (AvgIpc) is 3.11. The highest BCUT2D eigenvalue weighted by atomic mass is 15.3. The van der Waals surface area contributed by atoms with E-state index in [1.807, 2.05) is 0 Å². The van der Waals surface area contributed by atoms with Crippen molar-refractivity contribution in [2.75, 3.05) is 32.7 Å². The van der Waals surface area contributed by atoms with Crippen molar-refractivity contribution in [1.82, 2.24) is 15.5 Å². The summed E-state index contributed by atoms with van der Waals surface area (Å²) in [5, 5.41) is 7.12. The van der Waals surface area contributed by atoms with Gasteiger partial charge in [-0.2, -0.15) is 0 Å². The van der Waals surface area contributed by atoms with Crippen LogP contribution in [0, 0.1) is 17.8 Å². The van der Waals surface area contributed by atoms with E-state index in [0.717, 1.165) is 29.8 Å². The molecule has 4 rings (SSSR count). The van der Waals surface area contributed by atoms with Gasteiger partial charge in [-0.15, -0.1) is 0 Å². The van der Waals surface area contributed by atoms with Crippen molar-refractivity contribution >= 4 is 0 Å². The smallest absolute Gasteiger partial charge is 0.0175 e. The molecule has 0 unspecified atom stereocenters. The zero-order valence-corrected chi connectivity index (χ0v) is 8.58. The highest BCUT2D eigenvalue weighted by molar-refractivity contribution is 5.19. The maximum Gasteiger partial charge on any atom is 0.0175 e. The van der Waals surface area contributed by atoms with Gasteiger partial charge < -0.3 is 10.6 Å². The van der Waals surface area contributed by atoms with E-state index in [1.165, 1.54) is 39.1 Å². The van der Waals surface area contributed by atoms with Gasteiger partial charge in [-0.1, -0.05) is 0 Å². The molecule has 78 valence electrons. The lowest BCUT2D eigenvalue weighted by molar-refractivity contribution is 0.214. The molecule has 2 saturated carbocycles. The minimum absolute atomic E-state index is 0.921. The van der Waals surface area contributed by atoms with Crippen LogP contribution in [-0.2, 0) is 0 Å². The predicted octanol–water partition coefficient (Wildman–Crippen LogP) is -0.502. The van der Waals surface area contributed by atoms with Gasteiger partial charge in [-0.05, 0) is 24.2 Å². The fourth-order valence-electron chi connectivity index (χ4n) is 3.87. The molecule has 3 heteroatoms. The van der Waals surface area contributed by atoms with Gasteiger partial charge in [0.1, 0.15) is 0 Å². The van der Waals surface area contributed by atoms with Gasteiger partial charge in [0.15, 0.2) is 0 Å². The molecule has 5 atom stereocenters. The summed E-state index contributed by atoms with van der Waals surface area (Å²) in [6, 6.07) is 1.88. The number of hydrogen-bond donors (Lipinski definition) is 2. The Hall–Kier alpha value is -0.120. The second-order valence-corrected chi connectivity index (χ2v) is 5.43. The van der Waals surface area contributed by atoms with E-state index in [-0.39, 0.29) is 0 Å². The summed E-state index contributed by atoms with van der Waals surface area (Å²) in [5.41, 5.74) is 0. The molecule has 0 bridgehead atoms. The van der Waals surface area contributed by atoms with Gasteiger partial charge in [0.05, 0.1) is 0 Å². The quantitative estimate of drug-likeness (QED) is 0.588. The van der Waals surface area contributed by atoms with E-state index >= 15 is 0 Å². The molecule has 0 aromatic heterocycles. The molecule has 4 aliphatic rings. The van der Waals surface area contributed by atoms with E-state index in [1.54, 1.807) is 0 Å². The van der Waals surface area contributed by atoms with Gasteiger partial charge in [-0.3, -0.25) is 4.90 Å². The summed E-state index contributed by atoms with van der Waals surface area (Å²) >= 11 is 0. The monoisotopic (exact) mass is 193 g/mol. The first-order valence-electron chi connectivity index (χ1n) is 6.13. The molecule has 0 amide bonds. The molecule has 2 aliphatic heterocycles. The first kappa shape index (κ1) is 8.08. The zero-order chi connectivity index (χ0) is 9.12. The van der Waals surface area contributed by atoms with Crippen molar-refractivity contribution in [3.63, 3.8) is 0 Å². The highest BCUT2D eigenvalue weighted by Crippen LogP contribution is 2.59.